The number of hydrogen-bond donors (Lipinski definition) is 2. The molecular weight excluding hydrogens is 362 g/mol. The maximum Gasteiger partial charge on any atom is 0.238 e. The highest BCUT2D eigenvalue weighted by Crippen LogP contribution is 2.22. The third-order valence-corrected chi connectivity index (χ3v) is 7.18. The molecule has 27 heavy (non-hydrogen) atoms. The highest BCUT2D eigenvalue weighted by Gasteiger charge is 2.36. The van der Waals surface area contributed by atoms with Gasteiger partial charge in [0.25, 0.3) is 0 Å². The number of sulfonamides is 1. The number of nitrogens with two attached hydrogens (primary N) is 1. The van der Waals surface area contributed by atoms with Gasteiger partial charge in [-0.2, -0.15) is 4.31 Å². The molecular formula is C20H33N3O3S. The van der Waals surface area contributed by atoms with Gasteiger partial charge < -0.3 is 11.1 Å². The minimum absolute atomic E-state index is 0.0818. The Balaban J connectivity index is 1.98. The summed E-state index contributed by atoms with van der Waals surface area (Å²) in [5, 5.41) is 2.86. The summed E-state index contributed by atoms with van der Waals surface area (Å²) in [4.78, 5) is 12.7. The highest BCUT2D eigenvalue weighted by molar-refractivity contribution is 7.89. The molecule has 0 radical (unpaired) electrons. The van der Waals surface area contributed by atoms with Crippen LogP contribution in [0, 0.1) is 0 Å². The van der Waals surface area contributed by atoms with Crippen LogP contribution in [-0.2, 0) is 14.8 Å². The summed E-state index contributed by atoms with van der Waals surface area (Å²) < 4.78 is 26.3. The van der Waals surface area contributed by atoms with Crippen molar-refractivity contribution in [2.75, 3.05) is 18.8 Å². The zero-order chi connectivity index (χ0) is 20.0. The molecule has 1 fully saturated rings. The number of rotatable bonds is 8. The summed E-state index contributed by atoms with van der Waals surface area (Å²) in [6.07, 6.45) is 2.77. The van der Waals surface area contributed by atoms with Crippen LogP contribution in [-0.4, -0.2) is 43.5 Å². The van der Waals surface area contributed by atoms with E-state index in [1.54, 1.807) is 0 Å². The fourth-order valence-electron chi connectivity index (χ4n) is 3.45. The zero-order valence-electron chi connectivity index (χ0n) is 16.6. The number of nitrogens with one attached hydrogen (secondary N) is 1. The lowest BCUT2D eigenvalue weighted by molar-refractivity contribution is -0.125. The highest BCUT2D eigenvalue weighted by atomic mass is 32.2. The molecule has 2 atom stereocenters. The Morgan fingerprint density at radius 2 is 1.85 bits per heavy atom. The standard InChI is InChI=1S/C20H33N3O3S/c1-4-13-27(25,26)23-12-6-5-7-19(23)20(24)22-14-18(21)17-10-8-16(9-11-17)15(2)3/h8-11,15,18-19H,4-7,12-14,21H2,1-3H3,(H,22,24). The van der Waals surface area contributed by atoms with Crippen molar-refractivity contribution in [2.45, 2.75) is 64.5 Å². The number of piperidine rings is 1. The predicted molar refractivity (Wildman–Crippen MR) is 109 cm³/mol. The van der Waals surface area contributed by atoms with Crippen molar-refractivity contribution in [2.24, 2.45) is 5.73 Å². The van der Waals surface area contributed by atoms with Gasteiger partial charge in [-0.3, -0.25) is 4.79 Å². The maximum atomic E-state index is 12.7. The SMILES string of the molecule is CCCS(=O)(=O)N1CCCCC1C(=O)NCC(N)c1ccc(C(C)C)cc1. The van der Waals surface area contributed by atoms with Gasteiger partial charge in [-0.15, -0.1) is 0 Å². The summed E-state index contributed by atoms with van der Waals surface area (Å²) in [6, 6.07) is 7.16. The third kappa shape index (κ3) is 5.77. The van der Waals surface area contributed by atoms with Crippen LogP contribution in [0.1, 0.15) is 69.5 Å². The average Bonchev–Trinajstić information content (AvgIpc) is 2.65. The predicted octanol–water partition coefficient (Wildman–Crippen LogP) is 2.52. The zero-order valence-corrected chi connectivity index (χ0v) is 17.5. The molecule has 0 aliphatic carbocycles. The molecule has 1 aromatic carbocycles. The fraction of sp³-hybridized carbons (Fsp3) is 0.650. The van der Waals surface area contributed by atoms with Crippen molar-refractivity contribution >= 4 is 15.9 Å². The summed E-state index contributed by atoms with van der Waals surface area (Å²) in [5.41, 5.74) is 8.42. The molecule has 7 heteroatoms. The molecule has 0 saturated carbocycles. The second-order valence-electron chi connectivity index (χ2n) is 7.61. The van der Waals surface area contributed by atoms with E-state index in [-0.39, 0.29) is 24.2 Å². The monoisotopic (exact) mass is 395 g/mol. The molecule has 2 rings (SSSR count). The Hall–Kier alpha value is -1.44. The van der Waals surface area contributed by atoms with Gasteiger partial charge in [0.15, 0.2) is 0 Å². The molecule has 1 aliphatic heterocycles. The second-order valence-corrected chi connectivity index (χ2v) is 9.65. The molecule has 0 spiro atoms. The molecule has 1 aromatic rings. The van der Waals surface area contributed by atoms with Crippen molar-refractivity contribution < 1.29 is 13.2 Å². The molecule has 3 N–H and O–H groups in total. The minimum Gasteiger partial charge on any atom is -0.353 e. The van der Waals surface area contributed by atoms with Crippen LogP contribution in [0.5, 0.6) is 0 Å². The molecule has 1 saturated heterocycles. The first-order chi connectivity index (χ1) is 12.8. The molecule has 1 heterocycles. The Labute approximate surface area is 163 Å². The number of hydrogen-bond acceptors (Lipinski definition) is 4. The van der Waals surface area contributed by atoms with Crippen molar-refractivity contribution in [3.05, 3.63) is 35.4 Å². The first-order valence-electron chi connectivity index (χ1n) is 9.89. The average molecular weight is 396 g/mol. The number of nitrogens with zero attached hydrogens (tertiary/aromatic N) is 1. The van der Waals surface area contributed by atoms with Crippen LogP contribution >= 0.6 is 0 Å². The smallest absolute Gasteiger partial charge is 0.238 e. The van der Waals surface area contributed by atoms with Crippen LogP contribution < -0.4 is 11.1 Å². The van der Waals surface area contributed by atoms with E-state index < -0.39 is 16.1 Å². The lowest BCUT2D eigenvalue weighted by Gasteiger charge is -2.33. The van der Waals surface area contributed by atoms with Crippen molar-refractivity contribution in [1.82, 2.24) is 9.62 Å². The number of amides is 1. The Morgan fingerprint density at radius 3 is 2.44 bits per heavy atom. The van der Waals surface area contributed by atoms with Crippen molar-refractivity contribution in [1.29, 1.82) is 0 Å². The fourth-order valence-corrected chi connectivity index (χ4v) is 5.20. The van der Waals surface area contributed by atoms with Gasteiger partial charge in [-0.05, 0) is 36.3 Å². The lowest BCUT2D eigenvalue weighted by atomic mass is 9.99. The van der Waals surface area contributed by atoms with Crippen LogP contribution in [0.2, 0.25) is 0 Å². The number of carbonyl (C=O) groups excluding carboxylic acids is 1. The van der Waals surface area contributed by atoms with Crippen LogP contribution in [0.25, 0.3) is 0 Å². The van der Waals surface area contributed by atoms with Gasteiger partial charge >= 0.3 is 0 Å². The van der Waals surface area contributed by atoms with Gasteiger partial charge in [0.1, 0.15) is 6.04 Å². The summed E-state index contributed by atoms with van der Waals surface area (Å²) >= 11 is 0. The van der Waals surface area contributed by atoms with E-state index >= 15 is 0 Å². The quantitative estimate of drug-likeness (QED) is 0.707. The van der Waals surface area contributed by atoms with Crippen LogP contribution in [0.3, 0.4) is 0 Å². The van der Waals surface area contributed by atoms with E-state index in [1.807, 2.05) is 19.1 Å². The van der Waals surface area contributed by atoms with Crippen LogP contribution in [0.15, 0.2) is 24.3 Å². The first-order valence-corrected chi connectivity index (χ1v) is 11.5. The summed E-state index contributed by atoms with van der Waals surface area (Å²) in [5.74, 6) is 0.291. The third-order valence-electron chi connectivity index (χ3n) is 5.10. The van der Waals surface area contributed by atoms with Gasteiger partial charge in [0.05, 0.1) is 5.75 Å². The Kier molecular flexibility index (Phi) is 7.82. The summed E-state index contributed by atoms with van der Waals surface area (Å²) in [7, 11) is -3.39. The molecule has 2 unspecified atom stereocenters. The summed E-state index contributed by atoms with van der Waals surface area (Å²) in [6.45, 7) is 6.82. The molecule has 1 aliphatic rings. The van der Waals surface area contributed by atoms with Crippen molar-refractivity contribution in [3.8, 4) is 0 Å². The van der Waals surface area contributed by atoms with Crippen LogP contribution in [0.4, 0.5) is 0 Å². The largest absolute Gasteiger partial charge is 0.353 e. The van der Waals surface area contributed by atoms with Gasteiger partial charge in [-0.25, -0.2) is 8.42 Å². The lowest BCUT2D eigenvalue weighted by Crippen LogP contribution is -2.53. The van der Waals surface area contributed by atoms with E-state index in [2.05, 4.69) is 31.3 Å². The first kappa shape index (κ1) is 21.9. The van der Waals surface area contributed by atoms with E-state index in [0.29, 0.717) is 25.3 Å². The molecule has 1 amide bonds. The Bertz CT molecular complexity index is 716. The molecule has 6 nitrogen and oxygen atoms in total. The molecule has 0 aromatic heterocycles. The molecule has 0 bridgehead atoms. The van der Waals surface area contributed by atoms with Gasteiger partial charge in [0.2, 0.25) is 15.9 Å². The van der Waals surface area contributed by atoms with E-state index in [9.17, 15) is 13.2 Å². The van der Waals surface area contributed by atoms with E-state index in [0.717, 1.165) is 18.4 Å². The number of carbonyl (C=O) groups is 1. The normalized spacial score (nSPS) is 19.8. The number of benzene rings is 1. The van der Waals surface area contributed by atoms with Crippen molar-refractivity contribution in [3.63, 3.8) is 0 Å². The minimum atomic E-state index is -3.39. The molecule has 152 valence electrons. The maximum absolute atomic E-state index is 12.7. The van der Waals surface area contributed by atoms with E-state index in [1.165, 1.54) is 9.87 Å². The van der Waals surface area contributed by atoms with Gasteiger partial charge in [-0.1, -0.05) is 51.5 Å². The second kappa shape index (κ2) is 9.66. The topological polar surface area (TPSA) is 92.5 Å². The Morgan fingerprint density at radius 1 is 1.22 bits per heavy atom. The van der Waals surface area contributed by atoms with Gasteiger partial charge in [0, 0.05) is 19.1 Å². The van der Waals surface area contributed by atoms with E-state index in [4.69, 9.17) is 5.73 Å².